The van der Waals surface area contributed by atoms with Gasteiger partial charge in [0, 0.05) is 25.0 Å². The number of para-hydroxylation sites is 2. The second-order valence-electron chi connectivity index (χ2n) is 10.1. The molecule has 11 heteroatoms. The predicted molar refractivity (Wildman–Crippen MR) is 175 cm³/mol. The van der Waals surface area contributed by atoms with E-state index in [1.165, 1.54) is 36.2 Å². The van der Waals surface area contributed by atoms with E-state index < -0.39 is 34.4 Å². The number of halogens is 1. The first-order valence-corrected chi connectivity index (χ1v) is 16.2. The van der Waals surface area contributed by atoms with Crippen molar-refractivity contribution < 1.29 is 27.5 Å². The minimum absolute atomic E-state index is 0.0168. The zero-order valence-corrected chi connectivity index (χ0v) is 26.9. The van der Waals surface area contributed by atoms with Crippen LogP contribution in [0, 0.1) is 0 Å². The van der Waals surface area contributed by atoms with Crippen LogP contribution in [0.3, 0.4) is 0 Å². The summed E-state index contributed by atoms with van der Waals surface area (Å²) in [4.78, 5) is 29.3. The molecule has 0 radical (unpaired) electrons. The second-order valence-corrected chi connectivity index (χ2v) is 12.4. The summed E-state index contributed by atoms with van der Waals surface area (Å²) in [5.74, 6) is -0.114. The Balaban J connectivity index is 1.83. The van der Waals surface area contributed by atoms with Gasteiger partial charge >= 0.3 is 0 Å². The molecule has 0 bridgehead atoms. The van der Waals surface area contributed by atoms with Crippen LogP contribution in [0.1, 0.15) is 18.1 Å². The lowest BCUT2D eigenvalue weighted by atomic mass is 10.0. The predicted octanol–water partition coefficient (Wildman–Crippen LogP) is 5.33. The van der Waals surface area contributed by atoms with E-state index in [-0.39, 0.29) is 35.9 Å². The summed E-state index contributed by atoms with van der Waals surface area (Å²) in [5, 5.41) is 3.05. The Bertz CT molecular complexity index is 1700. The van der Waals surface area contributed by atoms with E-state index in [9.17, 15) is 18.0 Å². The molecule has 45 heavy (non-hydrogen) atoms. The number of hydrogen-bond donors (Lipinski definition) is 1. The molecule has 1 atom stereocenters. The Labute approximate surface area is 269 Å². The van der Waals surface area contributed by atoms with Gasteiger partial charge in [-0.1, -0.05) is 66.2 Å². The summed E-state index contributed by atoms with van der Waals surface area (Å²) in [7, 11) is -1.26. The van der Waals surface area contributed by atoms with E-state index in [0.717, 1.165) is 9.87 Å². The van der Waals surface area contributed by atoms with Crippen molar-refractivity contribution in [2.45, 2.75) is 30.8 Å². The van der Waals surface area contributed by atoms with E-state index in [1.54, 1.807) is 56.5 Å². The number of hydrogen-bond acceptors (Lipinski definition) is 6. The van der Waals surface area contributed by atoms with Gasteiger partial charge in [0.25, 0.3) is 10.0 Å². The van der Waals surface area contributed by atoms with Crippen molar-refractivity contribution in [3.8, 4) is 11.5 Å². The highest BCUT2D eigenvalue weighted by atomic mass is 35.5. The molecule has 0 saturated carbocycles. The van der Waals surface area contributed by atoms with Gasteiger partial charge in [-0.25, -0.2) is 8.42 Å². The molecule has 4 aromatic rings. The van der Waals surface area contributed by atoms with Crippen molar-refractivity contribution in [1.82, 2.24) is 10.2 Å². The van der Waals surface area contributed by atoms with Crippen molar-refractivity contribution in [2.75, 3.05) is 31.6 Å². The molecular weight excluding hydrogens is 614 g/mol. The molecule has 9 nitrogen and oxygen atoms in total. The molecule has 2 amide bonds. The summed E-state index contributed by atoms with van der Waals surface area (Å²) in [5.41, 5.74) is 1.72. The van der Waals surface area contributed by atoms with Crippen molar-refractivity contribution >= 4 is 39.1 Å². The summed E-state index contributed by atoms with van der Waals surface area (Å²) >= 11 is 6.06. The number of carbonyl (C=O) groups is 2. The zero-order chi connectivity index (χ0) is 32.4. The molecule has 0 heterocycles. The molecule has 0 aliphatic carbocycles. The maximum atomic E-state index is 14.5. The van der Waals surface area contributed by atoms with Crippen molar-refractivity contribution in [3.63, 3.8) is 0 Å². The molecule has 0 aliphatic heterocycles. The van der Waals surface area contributed by atoms with E-state index in [2.05, 4.69) is 5.32 Å². The van der Waals surface area contributed by atoms with Gasteiger partial charge in [-0.05, 0) is 66.6 Å². The van der Waals surface area contributed by atoms with Crippen molar-refractivity contribution in [1.29, 1.82) is 0 Å². The van der Waals surface area contributed by atoms with Crippen LogP contribution in [0.15, 0.2) is 108 Å². The lowest BCUT2D eigenvalue weighted by Gasteiger charge is -2.34. The number of ether oxygens (including phenoxy) is 2. The Kier molecular flexibility index (Phi) is 11.5. The molecule has 236 valence electrons. The first-order valence-electron chi connectivity index (χ1n) is 14.4. The van der Waals surface area contributed by atoms with Crippen LogP contribution in [0.25, 0.3) is 0 Å². The number of amides is 2. The number of benzene rings is 4. The van der Waals surface area contributed by atoms with E-state index >= 15 is 0 Å². The molecule has 4 rings (SSSR count). The highest BCUT2D eigenvalue weighted by Crippen LogP contribution is 2.33. The molecule has 1 N–H and O–H groups in total. The van der Waals surface area contributed by atoms with Gasteiger partial charge in [0.2, 0.25) is 11.8 Å². The number of anilines is 1. The molecule has 0 saturated heterocycles. The summed E-state index contributed by atoms with van der Waals surface area (Å²) in [6, 6.07) is 27.9. The van der Waals surface area contributed by atoms with Gasteiger partial charge in [-0.2, -0.15) is 0 Å². The van der Waals surface area contributed by atoms with Crippen LogP contribution in [0.4, 0.5) is 5.69 Å². The third kappa shape index (κ3) is 8.34. The minimum Gasteiger partial charge on any atom is -0.497 e. The maximum absolute atomic E-state index is 14.5. The topological polar surface area (TPSA) is 105 Å². The van der Waals surface area contributed by atoms with E-state index in [0.29, 0.717) is 16.3 Å². The zero-order valence-electron chi connectivity index (χ0n) is 25.4. The summed E-state index contributed by atoms with van der Waals surface area (Å²) in [6.07, 6.45) is 0.204. The number of methoxy groups -OCH3 is 1. The van der Waals surface area contributed by atoms with Gasteiger partial charge in [-0.3, -0.25) is 13.9 Å². The number of likely N-dealkylation sites (N-methyl/N-ethyl adjacent to an activating group) is 1. The Hall–Kier alpha value is -4.54. The average Bonchev–Trinajstić information content (AvgIpc) is 3.06. The molecule has 4 aromatic carbocycles. The third-order valence-corrected chi connectivity index (χ3v) is 9.14. The first-order chi connectivity index (χ1) is 21.7. The summed E-state index contributed by atoms with van der Waals surface area (Å²) < 4.78 is 40.6. The van der Waals surface area contributed by atoms with Gasteiger partial charge < -0.3 is 19.7 Å². The Morgan fingerprint density at radius 3 is 2.22 bits per heavy atom. The average molecular weight is 650 g/mol. The number of sulfonamides is 1. The fourth-order valence-corrected chi connectivity index (χ4v) is 6.43. The van der Waals surface area contributed by atoms with Crippen molar-refractivity contribution in [3.05, 3.63) is 119 Å². The van der Waals surface area contributed by atoms with Gasteiger partial charge in [-0.15, -0.1) is 0 Å². The SMILES string of the molecule is CCOc1ccccc1N(CC(=O)N(Cc1cccc(OC)c1)[C@@H](Cc1ccccc1)C(=O)NC)S(=O)(=O)c1ccc(Cl)cc1. The third-order valence-electron chi connectivity index (χ3n) is 7.12. The van der Waals surface area contributed by atoms with Gasteiger partial charge in [0.05, 0.1) is 24.3 Å². The normalized spacial score (nSPS) is 11.7. The smallest absolute Gasteiger partial charge is 0.264 e. The number of rotatable bonds is 14. The first kappa shape index (κ1) is 33.4. The second kappa shape index (κ2) is 15.5. The molecule has 0 unspecified atom stereocenters. The van der Waals surface area contributed by atoms with Crippen LogP contribution in [0.2, 0.25) is 5.02 Å². The van der Waals surface area contributed by atoms with Crippen LogP contribution < -0.4 is 19.1 Å². The number of carbonyl (C=O) groups excluding carboxylic acids is 2. The fraction of sp³-hybridized carbons (Fsp3) is 0.235. The lowest BCUT2D eigenvalue weighted by Crippen LogP contribution is -2.53. The minimum atomic E-state index is -4.31. The maximum Gasteiger partial charge on any atom is 0.264 e. The Morgan fingerprint density at radius 1 is 0.889 bits per heavy atom. The Morgan fingerprint density at radius 2 is 1.56 bits per heavy atom. The van der Waals surface area contributed by atoms with Crippen LogP contribution in [0.5, 0.6) is 11.5 Å². The van der Waals surface area contributed by atoms with Crippen molar-refractivity contribution in [2.24, 2.45) is 0 Å². The monoisotopic (exact) mass is 649 g/mol. The number of nitrogens with one attached hydrogen (secondary N) is 1. The van der Waals surface area contributed by atoms with Gasteiger partial charge in [0.15, 0.2) is 0 Å². The molecule has 0 fully saturated rings. The van der Waals surface area contributed by atoms with E-state index in [4.69, 9.17) is 21.1 Å². The van der Waals surface area contributed by atoms with Gasteiger partial charge in [0.1, 0.15) is 24.1 Å². The highest BCUT2D eigenvalue weighted by molar-refractivity contribution is 7.92. The van der Waals surface area contributed by atoms with E-state index in [1.807, 2.05) is 36.4 Å². The molecule has 0 aromatic heterocycles. The van der Waals surface area contributed by atoms with Crippen LogP contribution >= 0.6 is 11.6 Å². The number of nitrogens with zero attached hydrogens (tertiary/aromatic N) is 2. The standard InChI is InChI=1S/C34H36ClN3O6S/c1-4-44-32-16-9-8-15-30(32)38(45(41,42)29-19-17-27(35)18-20-29)24-33(39)37(23-26-13-10-14-28(21-26)43-3)31(34(40)36-2)22-25-11-6-5-7-12-25/h5-21,31H,4,22-24H2,1-3H3,(H,36,40)/t31-/m0/s1. The van der Waals surface area contributed by atoms with Crippen LogP contribution in [-0.2, 0) is 32.6 Å². The quantitative estimate of drug-likeness (QED) is 0.198. The van der Waals surface area contributed by atoms with Crippen LogP contribution in [-0.4, -0.2) is 58.5 Å². The largest absolute Gasteiger partial charge is 0.497 e. The molecular formula is C34H36ClN3O6S. The fourth-order valence-electron chi connectivity index (χ4n) is 4.88. The molecule has 0 spiro atoms. The highest BCUT2D eigenvalue weighted by Gasteiger charge is 2.35. The molecule has 0 aliphatic rings. The summed E-state index contributed by atoms with van der Waals surface area (Å²) in [6.45, 7) is 1.47. The lowest BCUT2D eigenvalue weighted by molar-refractivity contribution is -0.139.